The molecular formula is C6H12ClI. The van der Waals surface area contributed by atoms with Crippen LogP contribution in [0, 0.1) is 0 Å². The van der Waals surface area contributed by atoms with E-state index in [4.69, 9.17) is 11.6 Å². The highest BCUT2D eigenvalue weighted by Crippen LogP contribution is 2.11. The molecule has 0 amide bonds. The highest BCUT2D eigenvalue weighted by atomic mass is 127. The van der Waals surface area contributed by atoms with E-state index in [-0.39, 0.29) is 0 Å². The average Bonchev–Trinajstić information content (AvgIpc) is 1.83. The summed E-state index contributed by atoms with van der Waals surface area (Å²) in [6.45, 7) is 2.21. The van der Waals surface area contributed by atoms with Gasteiger partial charge in [-0.05, 0) is 6.42 Å². The lowest BCUT2D eigenvalue weighted by molar-refractivity contribution is 0.728. The second-order valence-electron chi connectivity index (χ2n) is 1.89. The van der Waals surface area contributed by atoms with E-state index in [1.165, 1.54) is 19.3 Å². The maximum atomic E-state index is 5.58. The molecule has 0 saturated carbocycles. The standard InChI is InChI=1S/C6H12ClI/c1-2-3-4-6(8)5-7/h6H,2-5H2,1H3. The van der Waals surface area contributed by atoms with Crippen LogP contribution in [0.15, 0.2) is 0 Å². The molecule has 0 aromatic heterocycles. The normalized spacial score (nSPS) is 13.9. The molecule has 0 saturated heterocycles. The van der Waals surface area contributed by atoms with Crippen LogP contribution < -0.4 is 0 Å². The summed E-state index contributed by atoms with van der Waals surface area (Å²) in [7, 11) is 0. The maximum Gasteiger partial charge on any atom is 0.0341 e. The Labute approximate surface area is 70.1 Å². The van der Waals surface area contributed by atoms with Crippen molar-refractivity contribution in [3.05, 3.63) is 0 Å². The van der Waals surface area contributed by atoms with Gasteiger partial charge in [-0.15, -0.1) is 11.6 Å². The Kier molecular flexibility index (Phi) is 6.93. The Balaban J connectivity index is 2.86. The van der Waals surface area contributed by atoms with Crippen LogP contribution in [0.2, 0.25) is 0 Å². The van der Waals surface area contributed by atoms with Crippen LogP contribution >= 0.6 is 34.2 Å². The Bertz CT molecular complexity index is 47.8. The predicted molar refractivity (Wildman–Crippen MR) is 48.1 cm³/mol. The molecule has 0 aromatic rings. The van der Waals surface area contributed by atoms with Gasteiger partial charge in [0.1, 0.15) is 0 Å². The summed E-state index contributed by atoms with van der Waals surface area (Å²) in [5.74, 6) is 0.806. The zero-order chi connectivity index (χ0) is 6.41. The van der Waals surface area contributed by atoms with E-state index in [1.54, 1.807) is 0 Å². The summed E-state index contributed by atoms with van der Waals surface area (Å²) in [6, 6.07) is 0. The van der Waals surface area contributed by atoms with Gasteiger partial charge in [-0.3, -0.25) is 0 Å². The molecule has 1 atom stereocenters. The van der Waals surface area contributed by atoms with E-state index in [9.17, 15) is 0 Å². The molecule has 2 heteroatoms. The fourth-order valence-electron chi connectivity index (χ4n) is 0.503. The van der Waals surface area contributed by atoms with Crippen molar-refractivity contribution in [3.8, 4) is 0 Å². The number of hydrogen-bond donors (Lipinski definition) is 0. The molecule has 0 fully saturated rings. The summed E-state index contributed by atoms with van der Waals surface area (Å²) in [6.07, 6.45) is 3.89. The third-order valence-electron chi connectivity index (χ3n) is 1.04. The van der Waals surface area contributed by atoms with E-state index >= 15 is 0 Å². The highest BCUT2D eigenvalue weighted by Gasteiger charge is 1.98. The molecule has 0 aliphatic carbocycles. The van der Waals surface area contributed by atoms with Crippen LogP contribution in [-0.2, 0) is 0 Å². The predicted octanol–water partition coefficient (Wildman–Crippen LogP) is 3.22. The molecule has 0 rings (SSSR count). The highest BCUT2D eigenvalue weighted by molar-refractivity contribution is 14.1. The van der Waals surface area contributed by atoms with E-state index in [0.29, 0.717) is 3.92 Å². The van der Waals surface area contributed by atoms with Gasteiger partial charge >= 0.3 is 0 Å². The van der Waals surface area contributed by atoms with Crippen LogP contribution in [0.5, 0.6) is 0 Å². The summed E-state index contributed by atoms with van der Waals surface area (Å²) in [5.41, 5.74) is 0. The minimum Gasteiger partial charge on any atom is -0.126 e. The zero-order valence-corrected chi connectivity index (χ0v) is 8.08. The van der Waals surface area contributed by atoms with Gasteiger partial charge in [-0.2, -0.15) is 0 Å². The molecule has 50 valence electrons. The molecule has 0 bridgehead atoms. The smallest absolute Gasteiger partial charge is 0.0341 e. The molecule has 0 spiro atoms. The number of unbranched alkanes of at least 4 members (excludes halogenated alkanes) is 1. The van der Waals surface area contributed by atoms with Crippen molar-refractivity contribution in [1.82, 2.24) is 0 Å². The Morgan fingerprint density at radius 1 is 1.62 bits per heavy atom. The summed E-state index contributed by atoms with van der Waals surface area (Å²) >= 11 is 7.98. The number of hydrogen-bond acceptors (Lipinski definition) is 0. The first-order valence-electron chi connectivity index (χ1n) is 3.01. The molecule has 0 radical (unpaired) electrons. The number of rotatable bonds is 4. The van der Waals surface area contributed by atoms with Crippen molar-refractivity contribution in [2.24, 2.45) is 0 Å². The molecule has 0 aliphatic heterocycles. The third kappa shape index (κ3) is 5.16. The average molecular weight is 247 g/mol. The van der Waals surface area contributed by atoms with Crippen LogP contribution in [0.25, 0.3) is 0 Å². The van der Waals surface area contributed by atoms with E-state index in [1.807, 2.05) is 0 Å². The van der Waals surface area contributed by atoms with Crippen molar-refractivity contribution in [3.63, 3.8) is 0 Å². The molecule has 0 heterocycles. The second-order valence-corrected chi connectivity index (χ2v) is 3.96. The molecule has 8 heavy (non-hydrogen) atoms. The van der Waals surface area contributed by atoms with Crippen LogP contribution in [0.4, 0.5) is 0 Å². The minimum atomic E-state index is 0.689. The molecule has 0 N–H and O–H groups in total. The lowest BCUT2D eigenvalue weighted by atomic mass is 10.2. The van der Waals surface area contributed by atoms with E-state index < -0.39 is 0 Å². The van der Waals surface area contributed by atoms with Gasteiger partial charge in [-0.1, -0.05) is 42.4 Å². The van der Waals surface area contributed by atoms with Crippen molar-refractivity contribution in [2.75, 3.05) is 5.88 Å². The SMILES string of the molecule is CCCCC(I)CCl. The van der Waals surface area contributed by atoms with E-state index in [0.717, 1.165) is 5.88 Å². The van der Waals surface area contributed by atoms with Gasteiger partial charge in [0, 0.05) is 9.80 Å². The van der Waals surface area contributed by atoms with Gasteiger partial charge in [0.05, 0.1) is 0 Å². The van der Waals surface area contributed by atoms with Crippen LogP contribution in [0.3, 0.4) is 0 Å². The number of halogens is 2. The summed E-state index contributed by atoms with van der Waals surface area (Å²) in [5, 5.41) is 0. The summed E-state index contributed by atoms with van der Waals surface area (Å²) < 4.78 is 0.689. The van der Waals surface area contributed by atoms with Gasteiger partial charge in [-0.25, -0.2) is 0 Å². The fourth-order valence-corrected chi connectivity index (χ4v) is 1.10. The molecule has 1 unspecified atom stereocenters. The van der Waals surface area contributed by atoms with Crippen molar-refractivity contribution in [2.45, 2.75) is 30.1 Å². The van der Waals surface area contributed by atoms with Gasteiger partial charge in [0.25, 0.3) is 0 Å². The first-order chi connectivity index (χ1) is 3.81. The molecule has 0 nitrogen and oxygen atoms in total. The Morgan fingerprint density at radius 3 is 2.62 bits per heavy atom. The minimum absolute atomic E-state index is 0.689. The van der Waals surface area contributed by atoms with Gasteiger partial charge in [0.2, 0.25) is 0 Å². The summed E-state index contributed by atoms with van der Waals surface area (Å²) in [4.78, 5) is 0. The lowest BCUT2D eigenvalue weighted by Gasteiger charge is -2.01. The first kappa shape index (κ1) is 9.02. The first-order valence-corrected chi connectivity index (χ1v) is 4.79. The topological polar surface area (TPSA) is 0 Å². The van der Waals surface area contributed by atoms with Gasteiger partial charge < -0.3 is 0 Å². The lowest BCUT2D eigenvalue weighted by Crippen LogP contribution is -1.97. The fraction of sp³-hybridized carbons (Fsp3) is 1.00. The zero-order valence-electron chi connectivity index (χ0n) is 5.16. The van der Waals surface area contributed by atoms with Crippen molar-refractivity contribution in [1.29, 1.82) is 0 Å². The Hall–Kier alpha value is 1.02. The largest absolute Gasteiger partial charge is 0.126 e. The number of alkyl halides is 2. The third-order valence-corrected chi connectivity index (χ3v) is 2.99. The Morgan fingerprint density at radius 2 is 2.25 bits per heavy atom. The van der Waals surface area contributed by atoms with Crippen LogP contribution in [-0.4, -0.2) is 9.80 Å². The van der Waals surface area contributed by atoms with Crippen LogP contribution in [0.1, 0.15) is 26.2 Å². The second kappa shape index (κ2) is 6.14. The molecule has 0 aliphatic rings. The molecule has 0 aromatic carbocycles. The maximum absolute atomic E-state index is 5.58. The monoisotopic (exact) mass is 246 g/mol. The molecular weight excluding hydrogens is 234 g/mol. The van der Waals surface area contributed by atoms with E-state index in [2.05, 4.69) is 29.5 Å². The van der Waals surface area contributed by atoms with Crippen molar-refractivity contribution >= 4 is 34.2 Å². The van der Waals surface area contributed by atoms with Gasteiger partial charge in [0.15, 0.2) is 0 Å². The van der Waals surface area contributed by atoms with Crippen molar-refractivity contribution < 1.29 is 0 Å². The quantitative estimate of drug-likeness (QED) is 0.528.